The van der Waals surface area contributed by atoms with Crippen molar-refractivity contribution in [3.8, 4) is 0 Å². The van der Waals surface area contributed by atoms with E-state index in [0.29, 0.717) is 25.1 Å². The Morgan fingerprint density at radius 3 is 2.78 bits per heavy atom. The lowest BCUT2D eigenvalue weighted by Gasteiger charge is -2.25. The molecule has 0 spiro atoms. The standard InChI is InChI=1S/C12H12N2O4/c15-11-4-5-13(12(16)7-11)8-9-2-1-3-10(6-9)14(17)18/h1-3,6H,4-5,7-8H2. The summed E-state index contributed by atoms with van der Waals surface area (Å²) in [6, 6.07) is 6.18. The monoisotopic (exact) mass is 248 g/mol. The molecule has 0 N–H and O–H groups in total. The van der Waals surface area contributed by atoms with E-state index in [1.165, 1.54) is 12.1 Å². The van der Waals surface area contributed by atoms with Crippen LogP contribution in [0.2, 0.25) is 0 Å². The number of piperidine rings is 1. The molecule has 6 heteroatoms. The maximum atomic E-state index is 11.6. The predicted octanol–water partition coefficient (Wildman–Crippen LogP) is 1.29. The first-order chi connectivity index (χ1) is 8.56. The lowest BCUT2D eigenvalue weighted by Crippen LogP contribution is -2.38. The fourth-order valence-electron chi connectivity index (χ4n) is 1.91. The van der Waals surface area contributed by atoms with Gasteiger partial charge in [0.15, 0.2) is 0 Å². The Bertz CT molecular complexity index is 513. The van der Waals surface area contributed by atoms with E-state index in [1.54, 1.807) is 17.0 Å². The Morgan fingerprint density at radius 1 is 1.33 bits per heavy atom. The number of carbonyl (C=O) groups is 2. The first-order valence-electron chi connectivity index (χ1n) is 5.59. The first-order valence-corrected chi connectivity index (χ1v) is 5.59. The van der Waals surface area contributed by atoms with Gasteiger partial charge >= 0.3 is 0 Å². The maximum Gasteiger partial charge on any atom is 0.269 e. The van der Waals surface area contributed by atoms with Crippen molar-refractivity contribution in [2.75, 3.05) is 6.54 Å². The smallest absolute Gasteiger partial charge is 0.269 e. The predicted molar refractivity (Wildman–Crippen MR) is 62.8 cm³/mol. The van der Waals surface area contributed by atoms with Gasteiger partial charge in [-0.1, -0.05) is 12.1 Å². The van der Waals surface area contributed by atoms with Crippen LogP contribution >= 0.6 is 0 Å². The van der Waals surface area contributed by atoms with E-state index in [1.807, 2.05) is 0 Å². The molecule has 1 aromatic rings. The molecule has 0 unspecified atom stereocenters. The molecule has 0 aliphatic carbocycles. The van der Waals surface area contributed by atoms with E-state index >= 15 is 0 Å². The first kappa shape index (κ1) is 12.2. The Balaban J connectivity index is 2.09. The van der Waals surface area contributed by atoms with Crippen molar-refractivity contribution in [1.82, 2.24) is 4.90 Å². The molecular formula is C12H12N2O4. The number of carbonyl (C=O) groups excluding carboxylic acids is 2. The van der Waals surface area contributed by atoms with Gasteiger partial charge in [0.25, 0.3) is 5.69 Å². The van der Waals surface area contributed by atoms with Crippen molar-refractivity contribution < 1.29 is 14.5 Å². The minimum absolute atomic E-state index is 0.00744. The van der Waals surface area contributed by atoms with Gasteiger partial charge in [-0.25, -0.2) is 0 Å². The van der Waals surface area contributed by atoms with Crippen LogP contribution in [-0.2, 0) is 16.1 Å². The van der Waals surface area contributed by atoms with E-state index in [9.17, 15) is 19.7 Å². The van der Waals surface area contributed by atoms with Crippen molar-refractivity contribution in [3.05, 3.63) is 39.9 Å². The van der Waals surface area contributed by atoms with Crippen LogP contribution in [0.5, 0.6) is 0 Å². The van der Waals surface area contributed by atoms with Crippen molar-refractivity contribution in [2.24, 2.45) is 0 Å². The molecule has 1 amide bonds. The molecule has 1 saturated heterocycles. The molecule has 1 aliphatic rings. The largest absolute Gasteiger partial charge is 0.338 e. The summed E-state index contributed by atoms with van der Waals surface area (Å²) in [7, 11) is 0. The highest BCUT2D eigenvalue weighted by Crippen LogP contribution is 2.17. The molecule has 0 atom stereocenters. The van der Waals surface area contributed by atoms with Crippen molar-refractivity contribution in [3.63, 3.8) is 0 Å². The normalized spacial score (nSPS) is 15.9. The van der Waals surface area contributed by atoms with Gasteiger partial charge in [-0.15, -0.1) is 0 Å². The summed E-state index contributed by atoms with van der Waals surface area (Å²) in [5, 5.41) is 10.6. The van der Waals surface area contributed by atoms with Crippen LogP contribution < -0.4 is 0 Å². The van der Waals surface area contributed by atoms with Crippen molar-refractivity contribution in [2.45, 2.75) is 19.4 Å². The molecule has 0 saturated carbocycles. The zero-order valence-electron chi connectivity index (χ0n) is 9.67. The highest BCUT2D eigenvalue weighted by molar-refractivity contribution is 6.00. The number of ketones is 1. The zero-order valence-corrected chi connectivity index (χ0v) is 9.67. The molecular weight excluding hydrogens is 236 g/mol. The molecule has 0 bridgehead atoms. The van der Waals surface area contributed by atoms with E-state index < -0.39 is 4.92 Å². The number of amides is 1. The molecule has 94 valence electrons. The average molecular weight is 248 g/mol. The summed E-state index contributed by atoms with van der Waals surface area (Å²) < 4.78 is 0. The van der Waals surface area contributed by atoms with Gasteiger partial charge in [0.1, 0.15) is 5.78 Å². The third-order valence-corrected chi connectivity index (χ3v) is 2.86. The Hall–Kier alpha value is -2.24. The number of likely N-dealkylation sites (tertiary alicyclic amines) is 1. The number of rotatable bonds is 3. The second-order valence-electron chi connectivity index (χ2n) is 4.21. The van der Waals surface area contributed by atoms with Crippen LogP contribution in [0.15, 0.2) is 24.3 Å². The summed E-state index contributed by atoms with van der Waals surface area (Å²) in [5.41, 5.74) is 0.708. The molecule has 2 rings (SSSR count). The van der Waals surface area contributed by atoms with Crippen molar-refractivity contribution in [1.29, 1.82) is 0 Å². The van der Waals surface area contributed by atoms with E-state index in [-0.39, 0.29) is 23.8 Å². The maximum absolute atomic E-state index is 11.6. The second kappa shape index (κ2) is 4.95. The van der Waals surface area contributed by atoms with Gasteiger partial charge in [-0.05, 0) is 5.56 Å². The molecule has 1 heterocycles. The molecule has 0 radical (unpaired) electrons. The van der Waals surface area contributed by atoms with Gasteiger partial charge in [-0.2, -0.15) is 0 Å². The average Bonchev–Trinajstić information content (AvgIpc) is 2.33. The third kappa shape index (κ3) is 2.71. The summed E-state index contributed by atoms with van der Waals surface area (Å²) in [6.45, 7) is 0.703. The summed E-state index contributed by atoms with van der Waals surface area (Å²) in [4.78, 5) is 34.4. The van der Waals surface area contributed by atoms with Crippen LogP contribution in [0.4, 0.5) is 5.69 Å². The van der Waals surface area contributed by atoms with Crippen LogP contribution in [0.1, 0.15) is 18.4 Å². The zero-order chi connectivity index (χ0) is 13.1. The SMILES string of the molecule is O=C1CCN(Cc2cccc([N+](=O)[O-])c2)C(=O)C1. The molecule has 1 fully saturated rings. The molecule has 18 heavy (non-hydrogen) atoms. The van der Waals surface area contributed by atoms with Gasteiger partial charge < -0.3 is 4.90 Å². The fraction of sp³-hybridized carbons (Fsp3) is 0.333. The van der Waals surface area contributed by atoms with Crippen LogP contribution in [-0.4, -0.2) is 28.1 Å². The minimum Gasteiger partial charge on any atom is -0.338 e. The number of hydrogen-bond donors (Lipinski definition) is 0. The number of nitro groups is 1. The van der Waals surface area contributed by atoms with E-state index in [2.05, 4.69) is 0 Å². The number of hydrogen-bond acceptors (Lipinski definition) is 4. The van der Waals surface area contributed by atoms with Gasteiger partial charge in [-0.3, -0.25) is 19.7 Å². The van der Waals surface area contributed by atoms with E-state index in [0.717, 1.165) is 0 Å². The summed E-state index contributed by atoms with van der Waals surface area (Å²) in [6.07, 6.45) is 0.301. The number of Topliss-reactive ketones (excluding diaryl/α,β-unsaturated/α-hetero) is 1. The lowest BCUT2D eigenvalue weighted by atomic mass is 10.1. The Kier molecular flexibility index (Phi) is 3.36. The lowest BCUT2D eigenvalue weighted by molar-refractivity contribution is -0.384. The highest BCUT2D eigenvalue weighted by atomic mass is 16.6. The van der Waals surface area contributed by atoms with Gasteiger partial charge in [0.2, 0.25) is 5.91 Å². The number of benzene rings is 1. The quantitative estimate of drug-likeness (QED) is 0.458. The number of nitro benzene ring substituents is 1. The second-order valence-corrected chi connectivity index (χ2v) is 4.21. The summed E-state index contributed by atoms with van der Waals surface area (Å²) in [5.74, 6) is -0.256. The van der Waals surface area contributed by atoms with Crippen LogP contribution in [0, 0.1) is 10.1 Å². The van der Waals surface area contributed by atoms with E-state index in [4.69, 9.17) is 0 Å². The number of non-ortho nitro benzene ring substituents is 1. The summed E-state index contributed by atoms with van der Waals surface area (Å²) >= 11 is 0. The molecule has 0 aromatic heterocycles. The Labute approximate surface area is 103 Å². The fourth-order valence-corrected chi connectivity index (χ4v) is 1.91. The highest BCUT2D eigenvalue weighted by Gasteiger charge is 2.23. The Morgan fingerprint density at radius 2 is 2.11 bits per heavy atom. The third-order valence-electron chi connectivity index (χ3n) is 2.86. The molecule has 6 nitrogen and oxygen atoms in total. The van der Waals surface area contributed by atoms with Crippen molar-refractivity contribution >= 4 is 17.4 Å². The van der Waals surface area contributed by atoms with Gasteiger partial charge in [0, 0.05) is 31.6 Å². The number of nitrogens with zero attached hydrogens (tertiary/aromatic N) is 2. The molecule has 1 aliphatic heterocycles. The van der Waals surface area contributed by atoms with Crippen LogP contribution in [0.25, 0.3) is 0 Å². The van der Waals surface area contributed by atoms with Crippen LogP contribution in [0.3, 0.4) is 0 Å². The topological polar surface area (TPSA) is 80.5 Å². The minimum atomic E-state index is -0.467. The molecule has 1 aromatic carbocycles. The van der Waals surface area contributed by atoms with Gasteiger partial charge in [0.05, 0.1) is 11.3 Å².